The molecule has 0 aliphatic heterocycles. The van der Waals surface area contributed by atoms with Gasteiger partial charge in [0.15, 0.2) is 5.37 Å². The maximum Gasteiger partial charge on any atom is 0.258 e. The molecule has 6 heteroatoms. The zero-order valence-electron chi connectivity index (χ0n) is 13.5. The molecule has 4 N–H and O–H groups in total. The van der Waals surface area contributed by atoms with Gasteiger partial charge in [-0.3, -0.25) is 4.72 Å². The summed E-state index contributed by atoms with van der Waals surface area (Å²) < 4.78 is 28.5. The van der Waals surface area contributed by atoms with Crippen LogP contribution in [0.4, 0.5) is 11.4 Å². The predicted octanol–water partition coefficient (Wildman–Crippen LogP) is 3.41. The van der Waals surface area contributed by atoms with Crippen LogP contribution >= 0.6 is 0 Å². The van der Waals surface area contributed by atoms with Gasteiger partial charge in [-0.2, -0.15) is 0 Å². The summed E-state index contributed by atoms with van der Waals surface area (Å²) in [6.07, 6.45) is 0. The molecule has 3 rings (SSSR count). The first-order valence-electron chi connectivity index (χ1n) is 7.58. The molecule has 25 heavy (non-hydrogen) atoms. The van der Waals surface area contributed by atoms with E-state index >= 15 is 0 Å². The van der Waals surface area contributed by atoms with Crippen LogP contribution in [-0.4, -0.2) is 13.9 Å². The smallest absolute Gasteiger partial charge is 0.258 e. The van der Waals surface area contributed by atoms with Gasteiger partial charge in [0, 0.05) is 11.4 Å². The van der Waals surface area contributed by atoms with Crippen LogP contribution in [0.3, 0.4) is 0 Å². The topological polar surface area (TPSA) is 89.7 Å². The Bertz CT molecular complexity index is 870. The van der Waals surface area contributed by atoms with Crippen molar-refractivity contribution in [3.05, 3.63) is 96.6 Å². The van der Waals surface area contributed by atoms with Crippen molar-refractivity contribution in [1.82, 2.24) is 0 Å². The first-order chi connectivity index (χ1) is 11.6. The molecule has 0 aliphatic carbocycles. The van der Waals surface area contributed by atoms with Crippen LogP contribution in [-0.2, 0) is 10.0 Å². The van der Waals surface area contributed by atoms with E-state index < -0.39 is 15.4 Å². The summed E-state index contributed by atoms with van der Waals surface area (Å²) in [5, 5.41) is 2.20. The van der Waals surface area contributed by atoms with E-state index in [4.69, 9.17) is 0 Å². The summed E-state index contributed by atoms with van der Waals surface area (Å²) >= 11 is 0. The Balaban J connectivity index is 0.00000225. The standard InChI is InChI=1S/C19H18N2O2S.H2O/c22-24(23,21-18-14-8-3-9-15-18)19(16-10-4-1-5-11-16)20-17-12-6-2-7-13-17;/h1-15,19-21H;1H2. The van der Waals surface area contributed by atoms with Gasteiger partial charge in [-0.05, 0) is 29.8 Å². The lowest BCUT2D eigenvalue weighted by Gasteiger charge is -2.21. The van der Waals surface area contributed by atoms with E-state index in [9.17, 15) is 8.42 Å². The van der Waals surface area contributed by atoms with Crippen LogP contribution < -0.4 is 10.0 Å². The Kier molecular flexibility index (Phi) is 6.16. The fourth-order valence-corrected chi connectivity index (χ4v) is 3.77. The summed E-state index contributed by atoms with van der Waals surface area (Å²) in [4.78, 5) is 0. The Morgan fingerprint density at radius 2 is 1.08 bits per heavy atom. The summed E-state index contributed by atoms with van der Waals surface area (Å²) in [6, 6.07) is 27.3. The monoisotopic (exact) mass is 356 g/mol. The Labute approximate surface area is 147 Å². The minimum absolute atomic E-state index is 0. The molecule has 0 fully saturated rings. The maximum absolute atomic E-state index is 12.9. The van der Waals surface area contributed by atoms with Crippen molar-refractivity contribution < 1.29 is 13.9 Å². The average molecular weight is 356 g/mol. The van der Waals surface area contributed by atoms with Gasteiger partial charge in [0.2, 0.25) is 0 Å². The molecule has 0 bridgehead atoms. The average Bonchev–Trinajstić information content (AvgIpc) is 2.62. The van der Waals surface area contributed by atoms with E-state index in [-0.39, 0.29) is 5.48 Å². The van der Waals surface area contributed by atoms with Crippen LogP contribution in [0.1, 0.15) is 10.9 Å². The number of hydrogen-bond donors (Lipinski definition) is 2. The lowest BCUT2D eigenvalue weighted by Crippen LogP contribution is -2.27. The Hall–Kier alpha value is -2.83. The molecular formula is C19H20N2O3S. The largest absolute Gasteiger partial charge is 0.412 e. The maximum atomic E-state index is 12.9. The van der Waals surface area contributed by atoms with Crippen molar-refractivity contribution in [2.24, 2.45) is 0 Å². The van der Waals surface area contributed by atoms with Gasteiger partial charge in [0.1, 0.15) is 0 Å². The Morgan fingerprint density at radius 1 is 0.640 bits per heavy atom. The van der Waals surface area contributed by atoms with Crippen LogP contribution in [0, 0.1) is 0 Å². The lowest BCUT2D eigenvalue weighted by molar-refractivity contribution is 0.593. The van der Waals surface area contributed by atoms with Crippen LogP contribution in [0.2, 0.25) is 0 Å². The number of nitrogens with one attached hydrogen (secondary N) is 2. The molecule has 0 saturated carbocycles. The highest BCUT2D eigenvalue weighted by molar-refractivity contribution is 7.93. The number of anilines is 2. The van der Waals surface area contributed by atoms with Crippen LogP contribution in [0.5, 0.6) is 0 Å². The van der Waals surface area contributed by atoms with Crippen molar-refractivity contribution in [3.8, 4) is 0 Å². The minimum atomic E-state index is -3.69. The zero-order chi connectivity index (χ0) is 16.8. The van der Waals surface area contributed by atoms with E-state index in [2.05, 4.69) is 10.0 Å². The van der Waals surface area contributed by atoms with Crippen molar-refractivity contribution in [2.75, 3.05) is 10.0 Å². The second-order valence-electron chi connectivity index (χ2n) is 5.31. The Morgan fingerprint density at radius 3 is 1.60 bits per heavy atom. The van der Waals surface area contributed by atoms with E-state index in [0.29, 0.717) is 11.3 Å². The third-order valence-electron chi connectivity index (χ3n) is 3.52. The van der Waals surface area contributed by atoms with Gasteiger partial charge in [-0.25, -0.2) is 8.42 Å². The molecule has 0 amide bonds. The summed E-state index contributed by atoms with van der Waals surface area (Å²) in [7, 11) is -3.69. The molecular weight excluding hydrogens is 336 g/mol. The minimum Gasteiger partial charge on any atom is -0.412 e. The molecule has 0 aliphatic rings. The third-order valence-corrected chi connectivity index (χ3v) is 5.05. The second-order valence-corrected chi connectivity index (χ2v) is 7.08. The van der Waals surface area contributed by atoms with E-state index in [0.717, 1.165) is 5.69 Å². The third kappa shape index (κ3) is 4.82. The molecule has 130 valence electrons. The van der Waals surface area contributed by atoms with Crippen molar-refractivity contribution in [3.63, 3.8) is 0 Å². The fourth-order valence-electron chi connectivity index (χ4n) is 2.38. The highest BCUT2D eigenvalue weighted by Gasteiger charge is 2.27. The fraction of sp³-hybridized carbons (Fsp3) is 0.0526. The summed E-state index contributed by atoms with van der Waals surface area (Å²) in [5.41, 5.74) is 1.95. The molecule has 3 aromatic carbocycles. The second kappa shape index (κ2) is 8.32. The first-order valence-corrected chi connectivity index (χ1v) is 9.13. The molecule has 0 radical (unpaired) electrons. The van der Waals surface area contributed by atoms with Gasteiger partial charge in [0.05, 0.1) is 0 Å². The normalized spacial score (nSPS) is 11.8. The molecule has 0 heterocycles. The molecule has 1 atom stereocenters. The highest BCUT2D eigenvalue weighted by Crippen LogP contribution is 2.26. The van der Waals surface area contributed by atoms with Crippen molar-refractivity contribution in [1.29, 1.82) is 0 Å². The molecule has 0 aromatic heterocycles. The van der Waals surface area contributed by atoms with E-state index in [1.54, 1.807) is 36.4 Å². The molecule has 5 nitrogen and oxygen atoms in total. The van der Waals surface area contributed by atoms with Crippen LogP contribution in [0.15, 0.2) is 91.0 Å². The van der Waals surface area contributed by atoms with Crippen LogP contribution in [0.25, 0.3) is 0 Å². The molecule has 0 spiro atoms. The summed E-state index contributed by atoms with van der Waals surface area (Å²) in [5.74, 6) is 0. The highest BCUT2D eigenvalue weighted by atomic mass is 32.2. The number of sulfonamides is 1. The predicted molar refractivity (Wildman–Crippen MR) is 102 cm³/mol. The summed E-state index contributed by atoms with van der Waals surface area (Å²) in [6.45, 7) is 0. The lowest BCUT2D eigenvalue weighted by atomic mass is 10.2. The molecule has 0 saturated heterocycles. The number of hydrogen-bond acceptors (Lipinski definition) is 3. The van der Waals surface area contributed by atoms with E-state index in [1.165, 1.54) is 0 Å². The number of rotatable bonds is 6. The van der Waals surface area contributed by atoms with Gasteiger partial charge in [0.25, 0.3) is 10.0 Å². The number of benzene rings is 3. The van der Waals surface area contributed by atoms with E-state index in [1.807, 2.05) is 54.6 Å². The van der Waals surface area contributed by atoms with Gasteiger partial charge < -0.3 is 10.8 Å². The first kappa shape index (κ1) is 18.5. The molecule has 1 unspecified atom stereocenters. The molecule has 3 aromatic rings. The SMILES string of the molecule is O.O=S(=O)(Nc1ccccc1)C(Nc1ccccc1)c1ccccc1. The zero-order valence-corrected chi connectivity index (χ0v) is 14.3. The van der Waals surface area contributed by atoms with Gasteiger partial charge >= 0.3 is 0 Å². The van der Waals surface area contributed by atoms with Crippen molar-refractivity contribution in [2.45, 2.75) is 5.37 Å². The van der Waals surface area contributed by atoms with Crippen molar-refractivity contribution >= 4 is 21.4 Å². The van der Waals surface area contributed by atoms with Gasteiger partial charge in [-0.15, -0.1) is 0 Å². The van der Waals surface area contributed by atoms with Gasteiger partial charge in [-0.1, -0.05) is 66.7 Å². The quantitative estimate of drug-likeness (QED) is 0.709. The number of para-hydroxylation sites is 2.